The minimum Gasteiger partial charge on any atom is -0.369 e. The highest BCUT2D eigenvalue weighted by Crippen LogP contribution is 2.45. The number of nitrogens with two attached hydrogens (primary N) is 1. The van der Waals surface area contributed by atoms with Gasteiger partial charge in [-0.1, -0.05) is 6.07 Å². The SMILES string of the molecule is Cc1ccc2[nH]c(CCNC(=O)C3(C(N)=O)CC3)nc2c1C. The highest BCUT2D eigenvalue weighted by Gasteiger charge is 2.55. The number of carbonyl (C=O) groups excluding carboxylic acids is 2. The van der Waals surface area contributed by atoms with Crippen molar-refractivity contribution in [3.63, 3.8) is 0 Å². The van der Waals surface area contributed by atoms with E-state index >= 15 is 0 Å². The molecule has 0 spiro atoms. The molecule has 2 aromatic rings. The number of imidazole rings is 1. The quantitative estimate of drug-likeness (QED) is 0.721. The number of hydrogen-bond acceptors (Lipinski definition) is 3. The molecule has 1 aromatic carbocycles. The summed E-state index contributed by atoms with van der Waals surface area (Å²) in [5.41, 5.74) is 8.66. The van der Waals surface area contributed by atoms with Gasteiger partial charge in [0.2, 0.25) is 11.8 Å². The molecule has 1 fully saturated rings. The molecule has 0 bridgehead atoms. The molecule has 1 saturated carbocycles. The van der Waals surface area contributed by atoms with Crippen LogP contribution in [-0.4, -0.2) is 28.3 Å². The molecule has 1 aromatic heterocycles. The van der Waals surface area contributed by atoms with Crippen molar-refractivity contribution in [2.24, 2.45) is 11.1 Å². The summed E-state index contributed by atoms with van der Waals surface area (Å²) in [4.78, 5) is 31.1. The standard InChI is InChI=1S/C16H20N4O2/c1-9-3-4-11-13(10(9)2)20-12(19-11)5-8-18-15(22)16(6-7-16)14(17)21/h3-4H,5-8H2,1-2H3,(H2,17,21)(H,18,22)(H,19,20). The Labute approximate surface area is 128 Å². The number of aromatic nitrogens is 2. The van der Waals surface area contributed by atoms with Crippen molar-refractivity contribution in [3.8, 4) is 0 Å². The number of nitrogens with one attached hydrogen (secondary N) is 2. The maximum absolute atomic E-state index is 12.0. The van der Waals surface area contributed by atoms with Crippen LogP contribution in [0.5, 0.6) is 0 Å². The predicted molar refractivity (Wildman–Crippen MR) is 83.1 cm³/mol. The van der Waals surface area contributed by atoms with Crippen molar-refractivity contribution >= 4 is 22.8 Å². The molecule has 4 N–H and O–H groups in total. The summed E-state index contributed by atoms with van der Waals surface area (Å²) in [6.07, 6.45) is 1.70. The molecule has 0 radical (unpaired) electrons. The average Bonchev–Trinajstić information content (AvgIpc) is 3.19. The maximum atomic E-state index is 12.0. The zero-order chi connectivity index (χ0) is 15.9. The topological polar surface area (TPSA) is 101 Å². The van der Waals surface area contributed by atoms with Crippen molar-refractivity contribution in [2.75, 3.05) is 6.54 Å². The van der Waals surface area contributed by atoms with Crippen LogP contribution < -0.4 is 11.1 Å². The Hall–Kier alpha value is -2.37. The third-order valence-corrected chi connectivity index (χ3v) is 4.53. The normalized spacial score (nSPS) is 15.7. The van der Waals surface area contributed by atoms with Gasteiger partial charge in [0.25, 0.3) is 0 Å². The van der Waals surface area contributed by atoms with Crippen LogP contribution in [0, 0.1) is 19.3 Å². The van der Waals surface area contributed by atoms with Crippen LogP contribution in [0.3, 0.4) is 0 Å². The molecule has 1 heterocycles. The maximum Gasteiger partial charge on any atom is 0.235 e. The van der Waals surface area contributed by atoms with Gasteiger partial charge in [0, 0.05) is 13.0 Å². The molecular weight excluding hydrogens is 280 g/mol. The van der Waals surface area contributed by atoms with Crippen LogP contribution in [0.25, 0.3) is 11.0 Å². The lowest BCUT2D eigenvalue weighted by molar-refractivity contribution is -0.135. The first-order valence-corrected chi connectivity index (χ1v) is 7.47. The van der Waals surface area contributed by atoms with E-state index in [9.17, 15) is 9.59 Å². The zero-order valence-electron chi connectivity index (χ0n) is 12.8. The lowest BCUT2D eigenvalue weighted by Gasteiger charge is -2.10. The molecular formula is C16H20N4O2. The lowest BCUT2D eigenvalue weighted by Crippen LogP contribution is -2.41. The van der Waals surface area contributed by atoms with Gasteiger partial charge >= 0.3 is 0 Å². The fraction of sp³-hybridized carbons (Fsp3) is 0.438. The van der Waals surface area contributed by atoms with E-state index in [0.29, 0.717) is 25.8 Å². The van der Waals surface area contributed by atoms with E-state index < -0.39 is 11.3 Å². The van der Waals surface area contributed by atoms with Crippen molar-refractivity contribution in [1.29, 1.82) is 0 Å². The second-order valence-corrected chi connectivity index (χ2v) is 6.04. The number of nitrogens with zero attached hydrogens (tertiary/aromatic N) is 1. The van der Waals surface area contributed by atoms with Gasteiger partial charge in [-0.3, -0.25) is 9.59 Å². The van der Waals surface area contributed by atoms with Gasteiger partial charge in [-0.25, -0.2) is 4.98 Å². The number of hydrogen-bond donors (Lipinski definition) is 3. The molecule has 3 rings (SSSR count). The summed E-state index contributed by atoms with van der Waals surface area (Å²) in [5, 5.41) is 2.79. The van der Waals surface area contributed by atoms with E-state index in [4.69, 9.17) is 5.73 Å². The molecule has 22 heavy (non-hydrogen) atoms. The summed E-state index contributed by atoms with van der Waals surface area (Å²) in [5.74, 6) is 0.0379. The number of aromatic amines is 1. The Morgan fingerprint density at radius 2 is 2.09 bits per heavy atom. The number of H-pyrrole nitrogens is 1. The third-order valence-electron chi connectivity index (χ3n) is 4.53. The molecule has 1 aliphatic carbocycles. The van der Waals surface area contributed by atoms with Crippen LogP contribution >= 0.6 is 0 Å². The molecule has 0 aliphatic heterocycles. The molecule has 0 atom stereocenters. The second-order valence-electron chi connectivity index (χ2n) is 6.04. The van der Waals surface area contributed by atoms with Gasteiger partial charge in [0.05, 0.1) is 11.0 Å². The van der Waals surface area contributed by atoms with Crippen molar-refractivity contribution in [1.82, 2.24) is 15.3 Å². The van der Waals surface area contributed by atoms with Gasteiger partial charge in [-0.05, 0) is 43.9 Å². The molecule has 2 amide bonds. The first kappa shape index (κ1) is 14.6. The minimum absolute atomic E-state index is 0.261. The van der Waals surface area contributed by atoms with E-state index in [1.54, 1.807) is 0 Å². The van der Waals surface area contributed by atoms with Crippen molar-refractivity contribution < 1.29 is 9.59 Å². The van der Waals surface area contributed by atoms with Gasteiger partial charge in [-0.2, -0.15) is 0 Å². The Morgan fingerprint density at radius 3 is 2.73 bits per heavy atom. The van der Waals surface area contributed by atoms with Crippen molar-refractivity contribution in [2.45, 2.75) is 33.1 Å². The molecule has 1 aliphatic rings. The van der Waals surface area contributed by atoms with E-state index in [1.165, 1.54) is 5.56 Å². The number of primary amides is 1. The lowest BCUT2D eigenvalue weighted by atomic mass is 10.1. The molecule has 116 valence electrons. The largest absolute Gasteiger partial charge is 0.369 e. The number of aryl methyl sites for hydroxylation is 2. The molecule has 6 nitrogen and oxygen atoms in total. The molecule has 0 unspecified atom stereocenters. The minimum atomic E-state index is -0.957. The fourth-order valence-electron chi connectivity index (χ4n) is 2.66. The van der Waals surface area contributed by atoms with Crippen LogP contribution in [-0.2, 0) is 16.0 Å². The van der Waals surface area contributed by atoms with Crippen LogP contribution in [0.1, 0.15) is 29.8 Å². The summed E-state index contributed by atoms with van der Waals surface area (Å²) < 4.78 is 0. The van der Waals surface area contributed by atoms with Crippen LogP contribution in [0.15, 0.2) is 12.1 Å². The highest BCUT2D eigenvalue weighted by atomic mass is 16.2. The van der Waals surface area contributed by atoms with Gasteiger partial charge < -0.3 is 16.0 Å². The van der Waals surface area contributed by atoms with E-state index in [-0.39, 0.29) is 5.91 Å². The van der Waals surface area contributed by atoms with E-state index in [1.807, 2.05) is 13.0 Å². The van der Waals surface area contributed by atoms with Crippen molar-refractivity contribution in [3.05, 3.63) is 29.1 Å². The Balaban J connectivity index is 1.64. The first-order valence-electron chi connectivity index (χ1n) is 7.47. The number of amides is 2. The van der Waals surface area contributed by atoms with Gasteiger partial charge in [0.1, 0.15) is 11.2 Å². The second kappa shape index (κ2) is 5.12. The number of rotatable bonds is 5. The predicted octanol–water partition coefficient (Wildman–Crippen LogP) is 1.10. The Bertz CT molecular complexity index is 759. The smallest absolute Gasteiger partial charge is 0.235 e. The van der Waals surface area contributed by atoms with Gasteiger partial charge in [0.15, 0.2) is 0 Å². The van der Waals surface area contributed by atoms with Gasteiger partial charge in [-0.15, -0.1) is 0 Å². The molecule has 6 heteroatoms. The Morgan fingerprint density at radius 1 is 1.36 bits per heavy atom. The summed E-state index contributed by atoms with van der Waals surface area (Å²) >= 11 is 0. The summed E-state index contributed by atoms with van der Waals surface area (Å²) in [7, 11) is 0. The summed E-state index contributed by atoms with van der Waals surface area (Å²) in [6, 6.07) is 4.07. The Kier molecular flexibility index (Phi) is 3.39. The highest BCUT2D eigenvalue weighted by molar-refractivity contribution is 6.07. The number of carbonyl (C=O) groups is 2. The summed E-state index contributed by atoms with van der Waals surface area (Å²) in [6.45, 7) is 4.54. The monoisotopic (exact) mass is 300 g/mol. The number of fused-ring (bicyclic) bond motifs is 1. The van der Waals surface area contributed by atoms with Crippen LogP contribution in [0.2, 0.25) is 0 Å². The van der Waals surface area contributed by atoms with Crippen LogP contribution in [0.4, 0.5) is 0 Å². The first-order chi connectivity index (χ1) is 10.4. The van der Waals surface area contributed by atoms with E-state index in [0.717, 1.165) is 22.4 Å². The zero-order valence-corrected chi connectivity index (χ0v) is 12.8. The van der Waals surface area contributed by atoms with E-state index in [2.05, 4.69) is 28.3 Å². The average molecular weight is 300 g/mol. The number of benzene rings is 1. The molecule has 0 saturated heterocycles. The third kappa shape index (κ3) is 2.34. The fourth-order valence-corrected chi connectivity index (χ4v) is 2.66.